The average molecular weight is 321 g/mol. The van der Waals surface area contributed by atoms with E-state index in [0.29, 0.717) is 0 Å². The molecule has 1 saturated carbocycles. The number of rotatable bonds is 2. The molecule has 8 heteroatoms. The number of aromatic amines is 1. The summed E-state index contributed by atoms with van der Waals surface area (Å²) >= 11 is 3.00. The van der Waals surface area contributed by atoms with Crippen molar-refractivity contribution in [2.45, 2.75) is 24.7 Å². The van der Waals surface area contributed by atoms with Gasteiger partial charge in [0.25, 0.3) is 5.56 Å². The molecule has 0 saturated heterocycles. The van der Waals surface area contributed by atoms with Crippen molar-refractivity contribution in [3.05, 3.63) is 31.5 Å². The van der Waals surface area contributed by atoms with E-state index in [1.807, 2.05) is 0 Å². The molecule has 0 aromatic carbocycles. The van der Waals surface area contributed by atoms with Gasteiger partial charge in [0.05, 0.1) is 16.6 Å². The fourth-order valence-electron chi connectivity index (χ4n) is 2.26. The van der Waals surface area contributed by atoms with Gasteiger partial charge in [0.15, 0.2) is 0 Å². The molecular weight excluding hydrogens is 308 g/mol. The summed E-state index contributed by atoms with van der Waals surface area (Å²) in [5.41, 5.74) is -1.21. The summed E-state index contributed by atoms with van der Waals surface area (Å²) < 4.78 is 1.32. The van der Waals surface area contributed by atoms with Crippen molar-refractivity contribution in [1.29, 1.82) is 0 Å². The van der Waals surface area contributed by atoms with Crippen LogP contribution in [0.15, 0.2) is 20.3 Å². The second kappa shape index (κ2) is 4.96. The molecule has 100 valence electrons. The van der Waals surface area contributed by atoms with Gasteiger partial charge in [-0.1, -0.05) is 0 Å². The molecule has 7 nitrogen and oxygen atoms in total. The third-order valence-corrected chi connectivity index (χ3v) is 3.85. The van der Waals surface area contributed by atoms with Gasteiger partial charge in [0.1, 0.15) is 6.10 Å². The fraction of sp³-hybridized carbons (Fsp3) is 0.600. The summed E-state index contributed by atoms with van der Waals surface area (Å²) in [6, 6.07) is -0.669. The van der Waals surface area contributed by atoms with Crippen molar-refractivity contribution < 1.29 is 15.3 Å². The number of H-pyrrole nitrogens is 1. The molecular formula is C10H13BrN2O5. The Hall–Kier alpha value is -0.960. The normalized spacial score (nSPS) is 31.8. The molecule has 4 N–H and O–H groups in total. The molecule has 1 aromatic heterocycles. The number of halogens is 1. The number of aromatic nitrogens is 2. The molecule has 1 fully saturated rings. The number of aliphatic hydroxyl groups is 3. The lowest BCUT2D eigenvalue weighted by atomic mass is 10.1. The van der Waals surface area contributed by atoms with Crippen LogP contribution in [0.3, 0.4) is 0 Å². The third-order valence-electron chi connectivity index (χ3n) is 3.29. The van der Waals surface area contributed by atoms with Gasteiger partial charge in [-0.15, -0.1) is 0 Å². The van der Waals surface area contributed by atoms with Crippen molar-refractivity contribution in [3.63, 3.8) is 0 Å². The monoisotopic (exact) mass is 320 g/mol. The Labute approximate surface area is 110 Å². The molecule has 0 aliphatic heterocycles. The molecule has 0 spiro atoms. The van der Waals surface area contributed by atoms with Crippen LogP contribution in [-0.4, -0.2) is 43.7 Å². The van der Waals surface area contributed by atoms with Crippen LogP contribution in [0.5, 0.6) is 0 Å². The minimum absolute atomic E-state index is 0.163. The predicted molar refractivity (Wildman–Crippen MR) is 65.3 cm³/mol. The first-order valence-electron chi connectivity index (χ1n) is 5.43. The zero-order valence-electron chi connectivity index (χ0n) is 9.28. The SMILES string of the molecule is O=c1[nH]c(=O)n([C@@H]2C[C@H](CO)C(O)[C@H]2O)cc1Br. The second-order valence-corrected chi connectivity index (χ2v) is 5.22. The predicted octanol–water partition coefficient (Wildman–Crippen LogP) is -1.43. The zero-order chi connectivity index (χ0) is 13.4. The number of nitrogens with one attached hydrogen (secondary N) is 1. The van der Waals surface area contributed by atoms with Crippen LogP contribution in [0.25, 0.3) is 0 Å². The Bertz CT molecular complexity index is 554. The van der Waals surface area contributed by atoms with Gasteiger partial charge in [-0.25, -0.2) is 4.79 Å². The van der Waals surface area contributed by atoms with Gasteiger partial charge < -0.3 is 15.3 Å². The number of hydrogen-bond donors (Lipinski definition) is 4. The number of hydrogen-bond acceptors (Lipinski definition) is 5. The van der Waals surface area contributed by atoms with Gasteiger partial charge in [0.2, 0.25) is 0 Å². The van der Waals surface area contributed by atoms with Gasteiger partial charge in [-0.2, -0.15) is 0 Å². The lowest BCUT2D eigenvalue weighted by Crippen LogP contribution is -2.37. The van der Waals surface area contributed by atoms with Gasteiger partial charge >= 0.3 is 5.69 Å². The van der Waals surface area contributed by atoms with Crippen molar-refractivity contribution in [2.24, 2.45) is 5.92 Å². The van der Waals surface area contributed by atoms with E-state index < -0.39 is 35.4 Å². The summed E-state index contributed by atoms with van der Waals surface area (Å²) in [5.74, 6) is -0.484. The highest BCUT2D eigenvalue weighted by atomic mass is 79.9. The molecule has 0 amide bonds. The number of nitrogens with zero attached hydrogens (tertiary/aromatic N) is 1. The van der Waals surface area contributed by atoms with E-state index in [4.69, 9.17) is 5.11 Å². The van der Waals surface area contributed by atoms with E-state index in [1.165, 1.54) is 6.20 Å². The molecule has 1 heterocycles. The maximum atomic E-state index is 11.7. The lowest BCUT2D eigenvalue weighted by molar-refractivity contribution is -0.00458. The zero-order valence-corrected chi connectivity index (χ0v) is 10.9. The van der Waals surface area contributed by atoms with Crippen LogP contribution < -0.4 is 11.2 Å². The van der Waals surface area contributed by atoms with Crippen molar-refractivity contribution >= 4 is 15.9 Å². The topological polar surface area (TPSA) is 116 Å². The second-order valence-electron chi connectivity index (χ2n) is 4.37. The fourth-order valence-corrected chi connectivity index (χ4v) is 2.58. The van der Waals surface area contributed by atoms with Gasteiger partial charge in [-0.05, 0) is 22.4 Å². The molecule has 4 atom stereocenters. The lowest BCUT2D eigenvalue weighted by Gasteiger charge is -2.18. The van der Waals surface area contributed by atoms with Crippen molar-refractivity contribution in [2.75, 3.05) is 6.61 Å². The molecule has 1 aliphatic carbocycles. The van der Waals surface area contributed by atoms with Crippen LogP contribution in [0.4, 0.5) is 0 Å². The first-order chi connectivity index (χ1) is 8.45. The summed E-state index contributed by atoms with van der Waals surface area (Å²) in [6.07, 6.45) is -0.700. The minimum Gasteiger partial charge on any atom is -0.396 e. The van der Waals surface area contributed by atoms with Crippen molar-refractivity contribution in [3.8, 4) is 0 Å². The largest absolute Gasteiger partial charge is 0.396 e. The van der Waals surface area contributed by atoms with E-state index in [-0.39, 0.29) is 17.5 Å². The van der Waals surface area contributed by atoms with E-state index in [0.717, 1.165) is 4.57 Å². The Morgan fingerprint density at radius 3 is 2.61 bits per heavy atom. The van der Waals surface area contributed by atoms with E-state index >= 15 is 0 Å². The van der Waals surface area contributed by atoms with E-state index in [9.17, 15) is 19.8 Å². The van der Waals surface area contributed by atoms with Crippen LogP contribution in [0, 0.1) is 5.92 Å². The highest BCUT2D eigenvalue weighted by Crippen LogP contribution is 2.34. The molecule has 0 radical (unpaired) electrons. The average Bonchev–Trinajstić information content (AvgIpc) is 2.61. The Morgan fingerprint density at radius 1 is 1.39 bits per heavy atom. The maximum absolute atomic E-state index is 11.7. The minimum atomic E-state index is -1.15. The quantitative estimate of drug-likeness (QED) is 0.533. The summed E-state index contributed by atoms with van der Waals surface area (Å²) in [7, 11) is 0. The summed E-state index contributed by atoms with van der Waals surface area (Å²) in [4.78, 5) is 25.0. The standard InChI is InChI=1S/C10H13BrN2O5/c11-5-2-13(10(18)12-9(5)17)6-1-4(3-14)7(15)8(6)16/h2,4,6-8,14-16H,1,3H2,(H,12,17,18)/t4-,6-,7?,8+/m1/s1. The highest BCUT2D eigenvalue weighted by Gasteiger charge is 2.42. The first kappa shape index (κ1) is 13.5. The van der Waals surface area contributed by atoms with Crippen LogP contribution in [0.1, 0.15) is 12.5 Å². The smallest absolute Gasteiger partial charge is 0.328 e. The van der Waals surface area contributed by atoms with Crippen LogP contribution in [0.2, 0.25) is 0 Å². The van der Waals surface area contributed by atoms with E-state index in [1.54, 1.807) is 0 Å². The Kier molecular flexibility index (Phi) is 3.71. The van der Waals surface area contributed by atoms with Gasteiger partial charge in [0, 0.05) is 18.7 Å². The maximum Gasteiger partial charge on any atom is 0.328 e. The van der Waals surface area contributed by atoms with Crippen molar-refractivity contribution in [1.82, 2.24) is 9.55 Å². The molecule has 1 aliphatic rings. The van der Waals surface area contributed by atoms with Crippen LogP contribution >= 0.6 is 15.9 Å². The van der Waals surface area contributed by atoms with Gasteiger partial charge in [-0.3, -0.25) is 14.3 Å². The molecule has 2 rings (SSSR count). The number of aliphatic hydroxyl groups excluding tert-OH is 3. The van der Waals surface area contributed by atoms with Crippen LogP contribution in [-0.2, 0) is 0 Å². The molecule has 18 heavy (non-hydrogen) atoms. The molecule has 1 unspecified atom stereocenters. The molecule has 0 bridgehead atoms. The van der Waals surface area contributed by atoms with E-state index in [2.05, 4.69) is 20.9 Å². The Balaban J connectivity index is 2.42. The first-order valence-corrected chi connectivity index (χ1v) is 6.23. The summed E-state index contributed by atoms with van der Waals surface area (Å²) in [6.45, 7) is -0.270. The summed E-state index contributed by atoms with van der Waals surface area (Å²) in [5, 5.41) is 28.6. The molecule has 1 aromatic rings. The highest BCUT2D eigenvalue weighted by molar-refractivity contribution is 9.10. The Morgan fingerprint density at radius 2 is 2.06 bits per heavy atom. The third kappa shape index (κ3) is 2.16.